The van der Waals surface area contributed by atoms with Gasteiger partial charge in [-0.15, -0.1) is 0 Å². The largest absolute Gasteiger partial charge is 0.497 e. The molecule has 0 saturated carbocycles. The van der Waals surface area contributed by atoms with Crippen molar-refractivity contribution in [3.63, 3.8) is 0 Å². The van der Waals surface area contributed by atoms with Gasteiger partial charge in [0.25, 0.3) is 15.9 Å². The molecule has 0 spiro atoms. The zero-order chi connectivity index (χ0) is 24.1. The fourth-order valence-electron chi connectivity index (χ4n) is 4.12. The van der Waals surface area contributed by atoms with E-state index in [0.717, 1.165) is 31.7 Å². The van der Waals surface area contributed by atoms with Gasteiger partial charge in [0.1, 0.15) is 11.5 Å². The first-order valence-electron chi connectivity index (χ1n) is 11.2. The van der Waals surface area contributed by atoms with E-state index in [1.807, 2.05) is 12.1 Å². The Morgan fingerprint density at radius 1 is 1.12 bits per heavy atom. The van der Waals surface area contributed by atoms with Gasteiger partial charge >= 0.3 is 0 Å². The van der Waals surface area contributed by atoms with Crippen molar-refractivity contribution in [2.75, 3.05) is 38.1 Å². The summed E-state index contributed by atoms with van der Waals surface area (Å²) in [5, 5.41) is 2.95. The van der Waals surface area contributed by atoms with E-state index in [1.54, 1.807) is 49.8 Å². The molecule has 0 unspecified atom stereocenters. The normalized spacial score (nSPS) is 15.1. The van der Waals surface area contributed by atoms with Crippen molar-refractivity contribution >= 4 is 21.6 Å². The number of amides is 1. The van der Waals surface area contributed by atoms with Gasteiger partial charge in [-0.25, -0.2) is 8.42 Å². The molecule has 0 radical (unpaired) electrons. The smallest absolute Gasteiger partial charge is 0.264 e. The number of hydrogen-bond acceptors (Lipinski definition) is 6. The summed E-state index contributed by atoms with van der Waals surface area (Å²) in [6, 6.07) is 16.5. The quantitative estimate of drug-likeness (QED) is 0.499. The fourth-order valence-corrected chi connectivity index (χ4v) is 5.36. The highest BCUT2D eigenvalue weighted by Gasteiger charge is 2.27. The topological polar surface area (TPSA) is 92.1 Å². The average Bonchev–Trinajstić information content (AvgIpc) is 3.59. The minimum absolute atomic E-state index is 0.0422. The van der Waals surface area contributed by atoms with E-state index in [1.165, 1.54) is 23.5 Å². The number of carbonyl (C=O) groups is 1. The van der Waals surface area contributed by atoms with Gasteiger partial charge in [0, 0.05) is 19.2 Å². The van der Waals surface area contributed by atoms with Gasteiger partial charge in [0.05, 0.1) is 30.0 Å². The number of nitrogens with zero attached hydrogens (tertiary/aromatic N) is 2. The van der Waals surface area contributed by atoms with Crippen LogP contribution in [0.25, 0.3) is 0 Å². The minimum atomic E-state index is -3.86. The van der Waals surface area contributed by atoms with Crippen LogP contribution in [-0.2, 0) is 10.0 Å². The molecular weight excluding hydrogens is 454 g/mol. The highest BCUT2D eigenvalue weighted by molar-refractivity contribution is 7.92. The molecule has 0 aliphatic carbocycles. The third-order valence-corrected chi connectivity index (χ3v) is 7.88. The SMILES string of the molecule is COc1ccc(N(C)S(=O)(=O)c2cccc(C(=O)NC[C@@H](c3ccco3)N3CCCC3)c2)cc1. The molecule has 9 heteroatoms. The number of likely N-dealkylation sites (tertiary alicyclic amines) is 1. The van der Waals surface area contributed by atoms with Crippen molar-refractivity contribution in [3.8, 4) is 5.75 Å². The summed E-state index contributed by atoms with van der Waals surface area (Å²) in [6.45, 7) is 2.27. The summed E-state index contributed by atoms with van der Waals surface area (Å²) in [5.41, 5.74) is 0.770. The van der Waals surface area contributed by atoms with Gasteiger partial charge < -0.3 is 14.5 Å². The fraction of sp³-hybridized carbons (Fsp3) is 0.320. The molecule has 4 rings (SSSR count). The molecule has 1 atom stereocenters. The molecule has 1 aliphatic heterocycles. The molecule has 1 amide bonds. The summed E-state index contributed by atoms with van der Waals surface area (Å²) in [7, 11) is -0.829. The number of carbonyl (C=O) groups excluding carboxylic acids is 1. The summed E-state index contributed by atoms with van der Waals surface area (Å²) >= 11 is 0. The van der Waals surface area contributed by atoms with Gasteiger partial charge in [-0.2, -0.15) is 0 Å². The molecule has 1 aliphatic rings. The Morgan fingerprint density at radius 2 is 1.85 bits per heavy atom. The van der Waals surface area contributed by atoms with E-state index in [9.17, 15) is 13.2 Å². The van der Waals surface area contributed by atoms with Crippen LogP contribution in [0.2, 0.25) is 0 Å². The molecule has 1 aromatic heterocycles. The number of benzene rings is 2. The predicted molar refractivity (Wildman–Crippen MR) is 130 cm³/mol. The lowest BCUT2D eigenvalue weighted by Gasteiger charge is -2.26. The summed E-state index contributed by atoms with van der Waals surface area (Å²) in [5.74, 6) is 1.11. The Labute approximate surface area is 200 Å². The number of nitrogens with one attached hydrogen (secondary N) is 1. The number of methoxy groups -OCH3 is 1. The molecule has 2 aromatic carbocycles. The van der Waals surface area contributed by atoms with E-state index < -0.39 is 10.0 Å². The van der Waals surface area contributed by atoms with E-state index in [2.05, 4.69) is 10.2 Å². The Balaban J connectivity index is 1.49. The van der Waals surface area contributed by atoms with E-state index in [-0.39, 0.29) is 22.4 Å². The first-order valence-corrected chi connectivity index (χ1v) is 12.6. The molecule has 1 saturated heterocycles. The molecule has 0 bridgehead atoms. The predicted octanol–water partition coefficient (Wildman–Crippen LogP) is 3.68. The minimum Gasteiger partial charge on any atom is -0.497 e. The summed E-state index contributed by atoms with van der Waals surface area (Å²) in [4.78, 5) is 15.3. The second kappa shape index (κ2) is 10.3. The van der Waals surface area contributed by atoms with Crippen LogP contribution in [0, 0.1) is 0 Å². The maximum absolute atomic E-state index is 13.2. The molecule has 8 nitrogen and oxygen atoms in total. The molecule has 2 heterocycles. The van der Waals surface area contributed by atoms with Crippen molar-refractivity contribution in [2.24, 2.45) is 0 Å². The van der Waals surface area contributed by atoms with Crippen LogP contribution < -0.4 is 14.4 Å². The number of sulfonamides is 1. The molecule has 1 N–H and O–H groups in total. The third kappa shape index (κ3) is 5.10. The Morgan fingerprint density at radius 3 is 2.50 bits per heavy atom. The van der Waals surface area contributed by atoms with Crippen molar-refractivity contribution in [3.05, 3.63) is 78.3 Å². The lowest BCUT2D eigenvalue weighted by atomic mass is 10.1. The first-order chi connectivity index (χ1) is 16.4. The molecule has 3 aromatic rings. The zero-order valence-corrected chi connectivity index (χ0v) is 20.1. The molecule has 34 heavy (non-hydrogen) atoms. The maximum atomic E-state index is 13.2. The highest BCUT2D eigenvalue weighted by Crippen LogP contribution is 2.26. The number of rotatable bonds is 9. The second-order valence-corrected chi connectivity index (χ2v) is 10.2. The van der Waals surface area contributed by atoms with Crippen LogP contribution >= 0.6 is 0 Å². The van der Waals surface area contributed by atoms with Crippen LogP contribution in [0.4, 0.5) is 5.69 Å². The lowest BCUT2D eigenvalue weighted by molar-refractivity contribution is 0.0933. The Bertz CT molecular complexity index is 1200. The van der Waals surface area contributed by atoms with Crippen LogP contribution in [0.5, 0.6) is 5.75 Å². The second-order valence-electron chi connectivity index (χ2n) is 8.18. The van der Waals surface area contributed by atoms with E-state index >= 15 is 0 Å². The Hall–Kier alpha value is -3.30. The van der Waals surface area contributed by atoms with Gasteiger partial charge in [0.15, 0.2) is 0 Å². The average molecular weight is 484 g/mol. The molecule has 180 valence electrons. The third-order valence-electron chi connectivity index (χ3n) is 6.10. The van der Waals surface area contributed by atoms with Crippen molar-refractivity contribution in [1.29, 1.82) is 0 Å². The van der Waals surface area contributed by atoms with E-state index in [4.69, 9.17) is 9.15 Å². The number of hydrogen-bond donors (Lipinski definition) is 1. The van der Waals surface area contributed by atoms with Crippen molar-refractivity contribution in [2.45, 2.75) is 23.8 Å². The van der Waals surface area contributed by atoms with Crippen molar-refractivity contribution in [1.82, 2.24) is 10.2 Å². The van der Waals surface area contributed by atoms with Gasteiger partial charge in [-0.1, -0.05) is 6.07 Å². The van der Waals surface area contributed by atoms with Crippen LogP contribution in [0.15, 0.2) is 76.2 Å². The van der Waals surface area contributed by atoms with Crippen LogP contribution in [0.3, 0.4) is 0 Å². The van der Waals surface area contributed by atoms with Crippen molar-refractivity contribution < 1.29 is 22.4 Å². The Kier molecular flexibility index (Phi) is 7.23. The van der Waals surface area contributed by atoms with Gasteiger partial charge in [-0.05, 0) is 80.5 Å². The lowest BCUT2D eigenvalue weighted by Crippen LogP contribution is -2.36. The number of ether oxygens (including phenoxy) is 1. The first kappa shape index (κ1) is 23.8. The standard InChI is InChI=1S/C25H29N3O5S/c1-27(20-10-12-21(32-2)13-11-20)34(30,31)22-8-5-7-19(17-22)25(29)26-18-23(24-9-6-16-33-24)28-14-3-4-15-28/h5-13,16-17,23H,3-4,14-15,18H2,1-2H3,(H,26,29)/t23-/m0/s1. The highest BCUT2D eigenvalue weighted by atomic mass is 32.2. The molecular formula is C25H29N3O5S. The van der Waals surface area contributed by atoms with Gasteiger partial charge in [0.2, 0.25) is 0 Å². The molecule has 1 fully saturated rings. The summed E-state index contributed by atoms with van der Waals surface area (Å²) < 4.78 is 38.3. The van der Waals surface area contributed by atoms with Crippen LogP contribution in [0.1, 0.15) is 35.0 Å². The van der Waals surface area contributed by atoms with Gasteiger partial charge in [-0.3, -0.25) is 14.0 Å². The summed E-state index contributed by atoms with van der Waals surface area (Å²) in [6.07, 6.45) is 3.87. The number of furan rings is 1. The van der Waals surface area contributed by atoms with Crippen LogP contribution in [-0.4, -0.2) is 53.0 Å². The zero-order valence-electron chi connectivity index (χ0n) is 19.3. The number of anilines is 1. The maximum Gasteiger partial charge on any atom is 0.264 e. The monoisotopic (exact) mass is 483 g/mol. The van der Waals surface area contributed by atoms with E-state index in [0.29, 0.717) is 18.0 Å².